The molecule has 0 aliphatic heterocycles. The van der Waals surface area contributed by atoms with Gasteiger partial charge in [-0.15, -0.1) is 20.4 Å². The van der Waals surface area contributed by atoms with Crippen LogP contribution in [0.25, 0.3) is 34.4 Å². The maximum absolute atomic E-state index is 13.6. The Morgan fingerprint density at radius 2 is 0.847 bits per heavy atom. The molecule has 0 fully saturated rings. The number of nitrogens with zero attached hydrogens (tertiary/aromatic N) is 14. The lowest BCUT2D eigenvalue weighted by Crippen LogP contribution is -2.27. The number of hydrogen-bond acceptors (Lipinski definition) is 18. The Hall–Kier alpha value is -7.60. The molecule has 22 nitrogen and oxygen atoms in total. The monoisotopic (exact) mass is 1020 g/mol. The molecule has 0 saturated heterocycles. The largest absolute Gasteiger partial charge is 0.494 e. The molecule has 0 aliphatic rings. The molecule has 0 N–H and O–H groups in total. The quantitative estimate of drug-likeness (QED) is 0.0987. The van der Waals surface area contributed by atoms with Gasteiger partial charge in [-0.1, -0.05) is 26.0 Å². The van der Waals surface area contributed by atoms with Crippen LogP contribution in [0, 0.1) is 13.8 Å². The van der Waals surface area contributed by atoms with E-state index >= 15 is 0 Å². The van der Waals surface area contributed by atoms with Crippen molar-refractivity contribution in [3.63, 3.8) is 0 Å². The van der Waals surface area contributed by atoms with Gasteiger partial charge in [0.2, 0.25) is 0 Å². The van der Waals surface area contributed by atoms with Crippen molar-refractivity contribution in [3.05, 3.63) is 120 Å². The SMILES string of the molecule is COc1cccc(OC)c1-n1c(CS(=O)(=O)[C@@H](C)[C@H](C)c2cnc(C)cn2)nnc1-c1ccn(C)n1.COc1cccc(OC)c1-n1c(CS(=O)(=O)[C@H](C)[C@@H](C)c2cnc(C)cn2)nnc1-c1ccn(C)n1. The van der Waals surface area contributed by atoms with Crippen molar-refractivity contribution in [3.8, 4) is 57.4 Å². The minimum absolute atomic E-state index is 0.215. The highest BCUT2D eigenvalue weighted by Gasteiger charge is 2.35. The molecule has 24 heteroatoms. The second-order valence-corrected chi connectivity index (χ2v) is 21.8. The van der Waals surface area contributed by atoms with Gasteiger partial charge >= 0.3 is 0 Å². The van der Waals surface area contributed by atoms with Crippen molar-refractivity contribution in [1.82, 2.24) is 69.0 Å². The van der Waals surface area contributed by atoms with Gasteiger partial charge in [-0.3, -0.25) is 38.4 Å². The van der Waals surface area contributed by atoms with Crippen molar-refractivity contribution in [1.29, 1.82) is 0 Å². The number of para-hydroxylation sites is 2. The molecule has 8 rings (SSSR count). The fourth-order valence-corrected chi connectivity index (χ4v) is 10.9. The number of benzene rings is 2. The van der Waals surface area contributed by atoms with E-state index in [4.69, 9.17) is 18.9 Å². The highest BCUT2D eigenvalue weighted by atomic mass is 32.2. The molecule has 6 aromatic heterocycles. The molecule has 0 unspecified atom stereocenters. The van der Waals surface area contributed by atoms with Gasteiger partial charge in [-0.05, 0) is 64.1 Å². The molecular formula is C48H58N14O8S2. The number of rotatable bonds is 18. The number of sulfone groups is 2. The van der Waals surface area contributed by atoms with Gasteiger partial charge < -0.3 is 18.9 Å². The third kappa shape index (κ3) is 11.0. The van der Waals surface area contributed by atoms with Gasteiger partial charge in [0, 0.05) is 63.1 Å². The van der Waals surface area contributed by atoms with E-state index in [1.165, 1.54) is 28.4 Å². The molecule has 6 heterocycles. The lowest BCUT2D eigenvalue weighted by atomic mass is 10.1. The summed E-state index contributed by atoms with van der Waals surface area (Å²) in [4.78, 5) is 17.3. The summed E-state index contributed by atoms with van der Waals surface area (Å²) >= 11 is 0. The average Bonchev–Trinajstić information content (AvgIpc) is 4.20. The summed E-state index contributed by atoms with van der Waals surface area (Å²) in [7, 11) is 2.31. The van der Waals surface area contributed by atoms with Gasteiger partial charge in [0.25, 0.3) is 0 Å². The molecule has 380 valence electrons. The molecule has 0 radical (unpaired) electrons. The van der Waals surface area contributed by atoms with Crippen LogP contribution in [0.3, 0.4) is 0 Å². The first-order chi connectivity index (χ1) is 34.3. The smallest absolute Gasteiger partial charge is 0.189 e. The molecule has 72 heavy (non-hydrogen) atoms. The summed E-state index contributed by atoms with van der Waals surface area (Å²) in [5.74, 6) is 1.58. The number of ether oxygens (including phenoxy) is 4. The van der Waals surface area contributed by atoms with E-state index in [1.54, 1.807) is 132 Å². The third-order valence-corrected chi connectivity index (χ3v) is 16.7. The predicted molar refractivity (Wildman–Crippen MR) is 268 cm³/mol. The maximum Gasteiger partial charge on any atom is 0.189 e. The van der Waals surface area contributed by atoms with Crippen LogP contribution in [-0.4, -0.2) is 125 Å². The van der Waals surface area contributed by atoms with Crippen molar-refractivity contribution < 1.29 is 35.8 Å². The molecule has 0 spiro atoms. The van der Waals surface area contributed by atoms with E-state index in [-0.39, 0.29) is 35.0 Å². The lowest BCUT2D eigenvalue weighted by molar-refractivity contribution is 0.390. The predicted octanol–water partition coefficient (Wildman–Crippen LogP) is 5.78. The van der Waals surface area contributed by atoms with Crippen LogP contribution >= 0.6 is 0 Å². The summed E-state index contributed by atoms with van der Waals surface area (Å²) < 4.78 is 83.4. The van der Waals surface area contributed by atoms with Crippen molar-refractivity contribution in [2.45, 2.75) is 75.4 Å². The lowest BCUT2D eigenvalue weighted by Gasteiger charge is -2.21. The Labute approximate surface area is 418 Å². The number of methoxy groups -OCH3 is 4. The third-order valence-electron chi connectivity index (χ3n) is 12.3. The average molecular weight is 1020 g/mol. The summed E-state index contributed by atoms with van der Waals surface area (Å²) in [6.45, 7) is 10.7. The van der Waals surface area contributed by atoms with Crippen LogP contribution in [-0.2, 0) is 45.3 Å². The van der Waals surface area contributed by atoms with Gasteiger partial charge in [-0.2, -0.15) is 10.2 Å². The number of aryl methyl sites for hydroxylation is 4. The molecular weight excluding hydrogens is 965 g/mol. The van der Waals surface area contributed by atoms with E-state index in [9.17, 15) is 16.8 Å². The van der Waals surface area contributed by atoms with E-state index in [0.717, 1.165) is 11.4 Å². The molecule has 0 amide bonds. The Bertz CT molecular complexity index is 3100. The second-order valence-electron chi connectivity index (χ2n) is 17.1. The zero-order chi connectivity index (χ0) is 52.1. The minimum atomic E-state index is -3.70. The molecule has 0 bridgehead atoms. The number of aromatic nitrogens is 14. The standard InChI is InChI=1S/2C24H29N7O4S/c2*1-15-12-26-19(13-25-15)16(2)17(3)36(32,33)14-22-27-28-24(18-10-11-30(4)29-18)31(22)23-20(34-5)8-7-9-21(23)35-6/h2*7-13,16-17H,14H2,1-6H3/t2*16-,17-/m10/s1. The van der Waals surface area contributed by atoms with Crippen LogP contribution in [0.15, 0.2) is 85.7 Å². The first-order valence-electron chi connectivity index (χ1n) is 22.6. The van der Waals surface area contributed by atoms with Crippen molar-refractivity contribution in [2.24, 2.45) is 14.1 Å². The fourth-order valence-electron chi connectivity index (χ4n) is 7.80. The Morgan fingerprint density at radius 1 is 0.500 bits per heavy atom. The van der Waals surface area contributed by atoms with Gasteiger partial charge in [0.05, 0.1) is 61.7 Å². The van der Waals surface area contributed by atoms with E-state index in [1.807, 2.05) is 27.7 Å². The van der Waals surface area contributed by atoms with Gasteiger partial charge in [0.1, 0.15) is 57.3 Å². The van der Waals surface area contributed by atoms with Gasteiger partial charge in [-0.25, -0.2) is 16.8 Å². The Kier molecular flexibility index (Phi) is 15.8. The zero-order valence-electron chi connectivity index (χ0n) is 42.1. The highest BCUT2D eigenvalue weighted by Crippen LogP contribution is 2.39. The topological polar surface area (TPSA) is 254 Å². The van der Waals surface area contributed by atoms with Crippen molar-refractivity contribution >= 4 is 19.7 Å². The van der Waals surface area contributed by atoms with E-state index in [0.29, 0.717) is 68.8 Å². The fraction of sp³-hybridized carbons (Fsp3) is 0.375. The molecule has 2 aromatic carbocycles. The Balaban J connectivity index is 0.000000211. The Morgan fingerprint density at radius 3 is 1.12 bits per heavy atom. The summed E-state index contributed by atoms with van der Waals surface area (Å²) in [5, 5.41) is 24.6. The van der Waals surface area contributed by atoms with Crippen LogP contribution in [0.2, 0.25) is 0 Å². The van der Waals surface area contributed by atoms with E-state index in [2.05, 4.69) is 50.5 Å². The van der Waals surface area contributed by atoms with Crippen LogP contribution < -0.4 is 18.9 Å². The zero-order valence-corrected chi connectivity index (χ0v) is 43.8. The summed E-state index contributed by atoms with van der Waals surface area (Å²) in [6.07, 6.45) is 10.1. The van der Waals surface area contributed by atoms with Gasteiger partial charge in [0.15, 0.2) is 43.0 Å². The van der Waals surface area contributed by atoms with Crippen LogP contribution in [0.1, 0.15) is 74.0 Å². The van der Waals surface area contributed by atoms with Crippen molar-refractivity contribution in [2.75, 3.05) is 28.4 Å². The minimum Gasteiger partial charge on any atom is -0.494 e. The second kappa shape index (κ2) is 21.8. The normalized spacial score (nSPS) is 13.4. The summed E-state index contributed by atoms with van der Waals surface area (Å²) in [5.41, 5.74) is 4.78. The van der Waals surface area contributed by atoms with E-state index < -0.39 is 30.2 Å². The molecule has 8 aromatic rings. The van der Waals surface area contributed by atoms with Crippen LogP contribution in [0.5, 0.6) is 23.0 Å². The molecule has 4 atom stereocenters. The first-order valence-corrected chi connectivity index (χ1v) is 26.1. The highest BCUT2D eigenvalue weighted by molar-refractivity contribution is 7.91. The molecule has 0 saturated carbocycles. The maximum atomic E-state index is 13.6. The number of hydrogen-bond donors (Lipinski definition) is 0. The molecule has 0 aliphatic carbocycles. The summed E-state index contributed by atoms with van der Waals surface area (Å²) in [6, 6.07) is 14.2. The van der Waals surface area contributed by atoms with Crippen LogP contribution in [0.4, 0.5) is 0 Å². The first kappa shape index (κ1) is 52.2.